The van der Waals surface area contributed by atoms with Gasteiger partial charge in [-0.25, -0.2) is 13.1 Å². The summed E-state index contributed by atoms with van der Waals surface area (Å²) in [5.74, 6) is 0.309. The van der Waals surface area contributed by atoms with Crippen molar-refractivity contribution in [2.24, 2.45) is 0 Å². The largest absolute Gasteiger partial charge is 0.492 e. The van der Waals surface area contributed by atoms with Gasteiger partial charge in [0, 0.05) is 11.0 Å². The number of nitrogens with one attached hydrogen (secondary N) is 1. The molecule has 0 atom stereocenters. The second-order valence-electron chi connectivity index (χ2n) is 4.93. The highest BCUT2D eigenvalue weighted by molar-refractivity contribution is 9.10. The van der Waals surface area contributed by atoms with Crippen LogP contribution in [0.2, 0.25) is 0 Å². The molecule has 1 aromatic carbocycles. The lowest BCUT2D eigenvalue weighted by Gasteiger charge is -2.36. The number of hydrogen-bond donors (Lipinski definition) is 2. The van der Waals surface area contributed by atoms with E-state index in [0.717, 1.165) is 6.42 Å². The van der Waals surface area contributed by atoms with Crippen molar-refractivity contribution in [3.05, 3.63) is 22.7 Å². The Morgan fingerprint density at radius 1 is 1.45 bits per heavy atom. The van der Waals surface area contributed by atoms with Crippen LogP contribution in [-0.4, -0.2) is 32.3 Å². The van der Waals surface area contributed by atoms with E-state index >= 15 is 0 Å². The minimum Gasteiger partial charge on any atom is -0.492 e. The van der Waals surface area contributed by atoms with Crippen LogP contribution >= 0.6 is 15.9 Å². The van der Waals surface area contributed by atoms with E-state index in [9.17, 15) is 13.5 Å². The zero-order chi connectivity index (χ0) is 14.8. The zero-order valence-corrected chi connectivity index (χ0v) is 13.6. The van der Waals surface area contributed by atoms with Gasteiger partial charge in [-0.05, 0) is 44.4 Å². The predicted octanol–water partition coefficient (Wildman–Crippen LogP) is 2.04. The fourth-order valence-corrected chi connectivity index (χ4v) is 3.84. The molecule has 1 aliphatic rings. The standard InChI is InChI=1S/C13H18BrNO4S/c1-2-19-11-5-4-10(14)8-12(11)20(17,18)15-9-13(16)6-3-7-13/h4-5,8,15-16H,2-3,6-7,9H2,1H3. The summed E-state index contributed by atoms with van der Waals surface area (Å²) in [4.78, 5) is 0.0802. The van der Waals surface area contributed by atoms with Crippen LogP contribution in [0.5, 0.6) is 5.75 Å². The smallest absolute Gasteiger partial charge is 0.244 e. The molecule has 2 rings (SSSR count). The Labute approximate surface area is 127 Å². The third-order valence-electron chi connectivity index (χ3n) is 3.37. The van der Waals surface area contributed by atoms with Gasteiger partial charge in [0.05, 0.1) is 12.2 Å². The molecular formula is C13H18BrNO4S. The Morgan fingerprint density at radius 2 is 2.15 bits per heavy atom. The van der Waals surface area contributed by atoms with Gasteiger partial charge in [0.15, 0.2) is 0 Å². The normalized spacial score (nSPS) is 17.6. The van der Waals surface area contributed by atoms with Gasteiger partial charge in [-0.2, -0.15) is 0 Å². The molecule has 112 valence electrons. The van der Waals surface area contributed by atoms with E-state index in [-0.39, 0.29) is 11.4 Å². The average molecular weight is 364 g/mol. The van der Waals surface area contributed by atoms with E-state index in [1.807, 2.05) is 0 Å². The number of halogens is 1. The molecule has 1 saturated carbocycles. The quantitative estimate of drug-likeness (QED) is 0.810. The molecular weight excluding hydrogens is 346 g/mol. The summed E-state index contributed by atoms with van der Waals surface area (Å²) in [6, 6.07) is 4.84. The molecule has 0 spiro atoms. The van der Waals surface area contributed by atoms with Crippen molar-refractivity contribution >= 4 is 26.0 Å². The highest BCUT2D eigenvalue weighted by atomic mass is 79.9. The maximum Gasteiger partial charge on any atom is 0.244 e. The Kier molecular flexibility index (Phi) is 4.73. The van der Waals surface area contributed by atoms with Crippen LogP contribution in [0.15, 0.2) is 27.6 Å². The van der Waals surface area contributed by atoms with Crippen molar-refractivity contribution in [3.63, 3.8) is 0 Å². The number of sulfonamides is 1. The van der Waals surface area contributed by atoms with Crippen molar-refractivity contribution in [1.29, 1.82) is 0 Å². The van der Waals surface area contributed by atoms with Crippen molar-refractivity contribution in [2.45, 2.75) is 36.7 Å². The second kappa shape index (κ2) is 6.01. The summed E-state index contributed by atoms with van der Waals surface area (Å²) in [5, 5.41) is 9.98. The van der Waals surface area contributed by atoms with E-state index in [4.69, 9.17) is 4.74 Å². The van der Waals surface area contributed by atoms with Crippen LogP contribution in [0.1, 0.15) is 26.2 Å². The average Bonchev–Trinajstić information content (AvgIpc) is 2.36. The molecule has 5 nitrogen and oxygen atoms in total. The molecule has 7 heteroatoms. The monoisotopic (exact) mass is 363 g/mol. The molecule has 0 bridgehead atoms. The Bertz CT molecular complexity index is 584. The SMILES string of the molecule is CCOc1ccc(Br)cc1S(=O)(=O)NCC1(O)CCC1. The van der Waals surface area contributed by atoms with Crippen LogP contribution < -0.4 is 9.46 Å². The van der Waals surface area contributed by atoms with Gasteiger partial charge in [0.25, 0.3) is 0 Å². The fraction of sp³-hybridized carbons (Fsp3) is 0.538. The van der Waals surface area contributed by atoms with Crippen molar-refractivity contribution in [2.75, 3.05) is 13.2 Å². The third-order valence-corrected chi connectivity index (χ3v) is 5.29. The van der Waals surface area contributed by atoms with Crippen LogP contribution in [0.4, 0.5) is 0 Å². The van der Waals surface area contributed by atoms with Gasteiger partial charge >= 0.3 is 0 Å². The summed E-state index contributed by atoms with van der Waals surface area (Å²) in [6.07, 6.45) is 2.19. The first-order valence-corrected chi connectivity index (χ1v) is 8.78. The fourth-order valence-electron chi connectivity index (χ4n) is 2.04. The van der Waals surface area contributed by atoms with Gasteiger partial charge in [-0.1, -0.05) is 15.9 Å². The van der Waals surface area contributed by atoms with Crippen molar-refractivity contribution < 1.29 is 18.3 Å². The van der Waals surface area contributed by atoms with Crippen molar-refractivity contribution in [1.82, 2.24) is 4.72 Å². The molecule has 0 aromatic heterocycles. The first kappa shape index (κ1) is 15.8. The highest BCUT2D eigenvalue weighted by Crippen LogP contribution is 2.32. The Morgan fingerprint density at radius 3 is 2.70 bits per heavy atom. The molecule has 0 aliphatic heterocycles. The van der Waals surface area contributed by atoms with Crippen LogP contribution in [0, 0.1) is 0 Å². The number of benzene rings is 1. The van der Waals surface area contributed by atoms with Gasteiger partial charge in [-0.15, -0.1) is 0 Å². The lowest BCUT2D eigenvalue weighted by molar-refractivity contribution is -0.0271. The molecule has 2 N–H and O–H groups in total. The maximum absolute atomic E-state index is 12.3. The van der Waals surface area contributed by atoms with Gasteiger partial charge in [-0.3, -0.25) is 0 Å². The number of rotatable bonds is 6. The number of hydrogen-bond acceptors (Lipinski definition) is 4. The topological polar surface area (TPSA) is 75.6 Å². The molecule has 1 aliphatic carbocycles. The maximum atomic E-state index is 12.3. The first-order valence-electron chi connectivity index (χ1n) is 6.51. The molecule has 1 aromatic rings. The summed E-state index contributed by atoms with van der Waals surface area (Å²) in [5.41, 5.74) is -0.898. The van der Waals surface area contributed by atoms with Crippen LogP contribution in [0.3, 0.4) is 0 Å². The zero-order valence-electron chi connectivity index (χ0n) is 11.2. The Balaban J connectivity index is 2.21. The lowest BCUT2D eigenvalue weighted by Crippen LogP contribution is -2.47. The van der Waals surface area contributed by atoms with E-state index in [1.54, 1.807) is 19.1 Å². The number of aliphatic hydroxyl groups is 1. The molecule has 0 saturated heterocycles. The molecule has 0 radical (unpaired) electrons. The van der Waals surface area contributed by atoms with E-state index in [2.05, 4.69) is 20.7 Å². The second-order valence-corrected chi connectivity index (χ2v) is 7.58. The van der Waals surface area contributed by atoms with Gasteiger partial charge < -0.3 is 9.84 Å². The lowest BCUT2D eigenvalue weighted by atomic mass is 9.81. The Hall–Kier alpha value is -0.630. The summed E-state index contributed by atoms with van der Waals surface area (Å²) in [7, 11) is -3.71. The molecule has 0 amide bonds. The molecule has 0 heterocycles. The van der Waals surface area contributed by atoms with Crippen LogP contribution in [0.25, 0.3) is 0 Å². The minimum absolute atomic E-state index is 0.0351. The van der Waals surface area contributed by atoms with E-state index in [1.165, 1.54) is 6.07 Å². The summed E-state index contributed by atoms with van der Waals surface area (Å²) >= 11 is 3.26. The molecule has 0 unspecified atom stereocenters. The van der Waals surface area contributed by atoms with E-state index < -0.39 is 15.6 Å². The van der Waals surface area contributed by atoms with Crippen LogP contribution in [-0.2, 0) is 10.0 Å². The van der Waals surface area contributed by atoms with Gasteiger partial charge in [0.1, 0.15) is 10.6 Å². The third kappa shape index (κ3) is 3.52. The highest BCUT2D eigenvalue weighted by Gasteiger charge is 2.36. The van der Waals surface area contributed by atoms with Crippen molar-refractivity contribution in [3.8, 4) is 5.75 Å². The number of ether oxygens (including phenoxy) is 1. The predicted molar refractivity (Wildman–Crippen MR) is 79.3 cm³/mol. The summed E-state index contributed by atoms with van der Waals surface area (Å²) < 4.78 is 33.2. The summed E-state index contributed by atoms with van der Waals surface area (Å²) in [6.45, 7) is 2.21. The van der Waals surface area contributed by atoms with Gasteiger partial charge in [0.2, 0.25) is 10.0 Å². The van der Waals surface area contributed by atoms with E-state index in [0.29, 0.717) is 29.7 Å². The first-order chi connectivity index (χ1) is 9.36. The molecule has 1 fully saturated rings. The molecule has 20 heavy (non-hydrogen) atoms. The minimum atomic E-state index is -3.71.